The minimum Gasteiger partial charge on any atom is -0.480 e. The number of carboxylic acid groups (broad SMARTS) is 1. The van der Waals surface area contributed by atoms with Crippen molar-refractivity contribution in [3.8, 4) is 0 Å². The van der Waals surface area contributed by atoms with Crippen LogP contribution in [-0.2, 0) is 17.9 Å². The maximum Gasteiger partial charge on any atom is 0.323 e. The smallest absolute Gasteiger partial charge is 0.323 e. The average Bonchev–Trinajstić information content (AvgIpc) is 2.96. The Morgan fingerprint density at radius 3 is 2.44 bits per heavy atom. The molecule has 0 saturated heterocycles. The molecular formula is C21H23N3O3. The van der Waals surface area contributed by atoms with Crippen LogP contribution in [0.15, 0.2) is 42.5 Å². The van der Waals surface area contributed by atoms with Gasteiger partial charge in [-0.05, 0) is 44.5 Å². The van der Waals surface area contributed by atoms with Crippen LogP contribution in [-0.4, -0.2) is 38.0 Å². The van der Waals surface area contributed by atoms with Crippen molar-refractivity contribution < 1.29 is 14.7 Å². The summed E-state index contributed by atoms with van der Waals surface area (Å²) in [6, 6.07) is 13.1. The maximum absolute atomic E-state index is 13.0. The number of imidazole rings is 1. The standard InChI is InChI=1S/C21H23N3O3/c1-4-24-15(3)22-18-11-17(9-10-19(18)24)21(27)23(13-20(25)26)12-16-7-5-14(2)6-8-16/h5-11H,4,12-13H2,1-3H3,(H,25,26). The van der Waals surface area contributed by atoms with Crippen LogP contribution in [0, 0.1) is 13.8 Å². The first kappa shape index (κ1) is 18.6. The molecule has 0 bridgehead atoms. The van der Waals surface area contributed by atoms with Gasteiger partial charge in [-0.1, -0.05) is 29.8 Å². The SMILES string of the molecule is CCn1c(C)nc2cc(C(=O)N(CC(=O)O)Cc3ccc(C)cc3)ccc21. The Morgan fingerprint density at radius 1 is 1.11 bits per heavy atom. The number of carbonyl (C=O) groups excluding carboxylic acids is 1. The number of nitrogens with zero attached hydrogens (tertiary/aromatic N) is 3. The van der Waals surface area contributed by atoms with Gasteiger partial charge in [0.2, 0.25) is 0 Å². The number of amides is 1. The number of carboxylic acids is 1. The molecule has 3 aromatic rings. The Bertz CT molecular complexity index is 990. The molecule has 0 saturated carbocycles. The number of hydrogen-bond donors (Lipinski definition) is 1. The van der Waals surface area contributed by atoms with Crippen LogP contribution < -0.4 is 0 Å². The fraction of sp³-hybridized carbons (Fsp3) is 0.286. The molecule has 0 spiro atoms. The summed E-state index contributed by atoms with van der Waals surface area (Å²) in [4.78, 5) is 30.1. The molecule has 6 heteroatoms. The number of hydrogen-bond acceptors (Lipinski definition) is 3. The Morgan fingerprint density at radius 2 is 1.81 bits per heavy atom. The predicted molar refractivity (Wildman–Crippen MR) is 104 cm³/mol. The van der Waals surface area contributed by atoms with Gasteiger partial charge >= 0.3 is 5.97 Å². The molecule has 0 unspecified atom stereocenters. The highest BCUT2D eigenvalue weighted by Crippen LogP contribution is 2.19. The lowest BCUT2D eigenvalue weighted by atomic mass is 10.1. The van der Waals surface area contributed by atoms with Crippen LogP contribution in [0.2, 0.25) is 0 Å². The van der Waals surface area contributed by atoms with E-state index in [4.69, 9.17) is 0 Å². The highest BCUT2D eigenvalue weighted by Gasteiger charge is 2.20. The van der Waals surface area contributed by atoms with E-state index in [1.807, 2.05) is 51.1 Å². The van der Waals surface area contributed by atoms with Crippen molar-refractivity contribution in [3.63, 3.8) is 0 Å². The molecule has 1 aromatic heterocycles. The van der Waals surface area contributed by atoms with Crippen LogP contribution in [0.3, 0.4) is 0 Å². The fourth-order valence-electron chi connectivity index (χ4n) is 3.24. The number of aromatic nitrogens is 2. The lowest BCUT2D eigenvalue weighted by molar-refractivity contribution is -0.137. The molecule has 6 nitrogen and oxygen atoms in total. The first-order valence-electron chi connectivity index (χ1n) is 8.92. The van der Waals surface area contributed by atoms with Crippen LogP contribution in [0.5, 0.6) is 0 Å². The number of benzene rings is 2. The van der Waals surface area contributed by atoms with E-state index in [9.17, 15) is 14.7 Å². The zero-order valence-corrected chi connectivity index (χ0v) is 15.8. The largest absolute Gasteiger partial charge is 0.480 e. The Hall–Kier alpha value is -3.15. The number of fused-ring (bicyclic) bond motifs is 1. The van der Waals surface area contributed by atoms with Gasteiger partial charge in [0, 0.05) is 18.7 Å². The molecule has 1 N–H and O–H groups in total. The normalized spacial score (nSPS) is 10.9. The number of rotatable bonds is 6. The molecule has 0 atom stereocenters. The lowest BCUT2D eigenvalue weighted by Gasteiger charge is -2.21. The second-order valence-electron chi connectivity index (χ2n) is 6.65. The summed E-state index contributed by atoms with van der Waals surface area (Å²) in [5.41, 5.74) is 4.15. The third-order valence-electron chi connectivity index (χ3n) is 4.61. The van der Waals surface area contributed by atoms with Crippen LogP contribution in [0.4, 0.5) is 0 Å². The van der Waals surface area contributed by atoms with Gasteiger partial charge in [-0.25, -0.2) is 4.98 Å². The van der Waals surface area contributed by atoms with Crippen LogP contribution in [0.25, 0.3) is 11.0 Å². The predicted octanol–water partition coefficient (Wildman–Crippen LogP) is 3.40. The summed E-state index contributed by atoms with van der Waals surface area (Å²) >= 11 is 0. The number of aliphatic carboxylic acids is 1. The molecule has 1 heterocycles. The third kappa shape index (κ3) is 4.00. The van der Waals surface area contributed by atoms with Crippen molar-refractivity contribution in [1.82, 2.24) is 14.5 Å². The summed E-state index contributed by atoms with van der Waals surface area (Å²) in [6.07, 6.45) is 0. The van der Waals surface area contributed by atoms with Crippen molar-refractivity contribution in [2.45, 2.75) is 33.9 Å². The van der Waals surface area contributed by atoms with Crippen molar-refractivity contribution in [2.75, 3.05) is 6.54 Å². The van der Waals surface area contributed by atoms with Gasteiger partial charge in [0.05, 0.1) is 11.0 Å². The average molecular weight is 365 g/mol. The molecule has 0 radical (unpaired) electrons. The summed E-state index contributed by atoms with van der Waals surface area (Å²) in [5.74, 6) is -0.467. The van der Waals surface area contributed by atoms with E-state index >= 15 is 0 Å². The van der Waals surface area contributed by atoms with E-state index in [-0.39, 0.29) is 19.0 Å². The van der Waals surface area contributed by atoms with Crippen LogP contribution >= 0.6 is 0 Å². The monoisotopic (exact) mass is 365 g/mol. The molecular weight excluding hydrogens is 342 g/mol. The van der Waals surface area contributed by atoms with E-state index < -0.39 is 5.97 Å². The zero-order valence-electron chi connectivity index (χ0n) is 15.8. The minimum absolute atomic E-state index is 0.242. The number of aryl methyl sites for hydroxylation is 3. The van der Waals surface area contributed by atoms with Crippen molar-refractivity contribution in [1.29, 1.82) is 0 Å². The molecule has 0 fully saturated rings. The minimum atomic E-state index is -1.04. The van der Waals surface area contributed by atoms with Crippen molar-refractivity contribution >= 4 is 22.9 Å². The molecule has 3 rings (SSSR count). The zero-order chi connectivity index (χ0) is 19.6. The van der Waals surface area contributed by atoms with Crippen LogP contribution in [0.1, 0.15) is 34.2 Å². The van der Waals surface area contributed by atoms with Crippen molar-refractivity contribution in [3.05, 3.63) is 65.0 Å². The van der Waals surface area contributed by atoms with E-state index in [0.29, 0.717) is 5.56 Å². The molecule has 27 heavy (non-hydrogen) atoms. The molecule has 0 aliphatic rings. The Balaban J connectivity index is 1.91. The highest BCUT2D eigenvalue weighted by atomic mass is 16.4. The fourth-order valence-corrected chi connectivity index (χ4v) is 3.24. The summed E-state index contributed by atoms with van der Waals surface area (Å²) < 4.78 is 2.07. The maximum atomic E-state index is 13.0. The van der Waals surface area contributed by atoms with Gasteiger partial charge in [-0.3, -0.25) is 9.59 Å². The summed E-state index contributed by atoms with van der Waals surface area (Å²) in [5, 5.41) is 9.24. The Kier molecular flexibility index (Phi) is 5.26. The van der Waals surface area contributed by atoms with E-state index in [1.54, 1.807) is 12.1 Å². The molecule has 140 valence electrons. The van der Waals surface area contributed by atoms with Gasteiger partial charge < -0.3 is 14.6 Å². The van der Waals surface area contributed by atoms with Gasteiger partial charge in [0.25, 0.3) is 5.91 Å². The van der Waals surface area contributed by atoms with Crippen molar-refractivity contribution in [2.24, 2.45) is 0 Å². The lowest BCUT2D eigenvalue weighted by Crippen LogP contribution is -2.35. The summed E-state index contributed by atoms with van der Waals surface area (Å²) in [6.45, 7) is 6.65. The van der Waals surface area contributed by atoms with E-state index in [1.165, 1.54) is 4.90 Å². The van der Waals surface area contributed by atoms with E-state index in [2.05, 4.69) is 9.55 Å². The molecule has 1 amide bonds. The first-order chi connectivity index (χ1) is 12.9. The highest BCUT2D eigenvalue weighted by molar-refractivity contribution is 5.98. The third-order valence-corrected chi connectivity index (χ3v) is 4.61. The van der Waals surface area contributed by atoms with Gasteiger partial charge in [0.15, 0.2) is 0 Å². The second-order valence-corrected chi connectivity index (χ2v) is 6.65. The van der Waals surface area contributed by atoms with Gasteiger partial charge in [-0.15, -0.1) is 0 Å². The summed E-state index contributed by atoms with van der Waals surface area (Å²) in [7, 11) is 0. The number of carbonyl (C=O) groups is 2. The molecule has 0 aliphatic carbocycles. The molecule has 2 aromatic carbocycles. The quantitative estimate of drug-likeness (QED) is 0.726. The van der Waals surface area contributed by atoms with E-state index in [0.717, 1.165) is 34.5 Å². The Labute approximate surface area is 158 Å². The topological polar surface area (TPSA) is 75.4 Å². The van der Waals surface area contributed by atoms with Gasteiger partial charge in [-0.2, -0.15) is 0 Å². The van der Waals surface area contributed by atoms with Gasteiger partial charge in [0.1, 0.15) is 12.4 Å². The molecule has 0 aliphatic heterocycles. The first-order valence-corrected chi connectivity index (χ1v) is 8.92. The second kappa shape index (κ2) is 7.61.